The number of nitrogens with one attached hydrogen (secondary N) is 1. The van der Waals surface area contributed by atoms with E-state index in [1.54, 1.807) is 11.8 Å². The van der Waals surface area contributed by atoms with Crippen molar-refractivity contribution in [3.63, 3.8) is 0 Å². The molecule has 1 unspecified atom stereocenters. The molecule has 1 fully saturated rings. The topological polar surface area (TPSA) is 32.3 Å². The number of thioether (sulfide) groups is 1. The normalized spacial score (nSPS) is 17.3. The number of hydrogen-bond donors (Lipinski definition) is 1. The maximum atomic E-state index is 12.6. The van der Waals surface area contributed by atoms with E-state index in [-0.39, 0.29) is 11.8 Å². The van der Waals surface area contributed by atoms with Crippen molar-refractivity contribution in [3.8, 4) is 0 Å². The van der Waals surface area contributed by atoms with Crippen LogP contribution in [0, 0.1) is 5.92 Å². The second-order valence-electron chi connectivity index (χ2n) is 7.29. The van der Waals surface area contributed by atoms with Crippen molar-refractivity contribution in [1.82, 2.24) is 10.2 Å². The highest BCUT2D eigenvalue weighted by Crippen LogP contribution is 2.24. The Hall–Kier alpha value is -0.910. The van der Waals surface area contributed by atoms with Gasteiger partial charge in [-0.3, -0.25) is 9.69 Å². The summed E-state index contributed by atoms with van der Waals surface area (Å²) < 4.78 is 0. The fraction of sp³-hybridized carbons (Fsp3) is 0.409. The molecule has 1 saturated heterocycles. The first-order valence-electron chi connectivity index (χ1n) is 9.77. The molecule has 29 heavy (non-hydrogen) atoms. The van der Waals surface area contributed by atoms with Crippen molar-refractivity contribution >= 4 is 52.5 Å². The molecule has 1 aliphatic rings. The molecule has 2 aromatic rings. The van der Waals surface area contributed by atoms with E-state index in [2.05, 4.69) is 22.3 Å². The van der Waals surface area contributed by atoms with Gasteiger partial charge in [-0.15, -0.1) is 0 Å². The van der Waals surface area contributed by atoms with Crippen LogP contribution in [0.2, 0.25) is 15.1 Å². The lowest BCUT2D eigenvalue weighted by atomic mass is 9.96. The molecule has 1 atom stereocenters. The van der Waals surface area contributed by atoms with Crippen molar-refractivity contribution in [2.75, 3.05) is 25.4 Å². The number of halogens is 3. The van der Waals surface area contributed by atoms with Crippen LogP contribution in [0.15, 0.2) is 42.5 Å². The molecule has 1 aliphatic heterocycles. The molecule has 2 aromatic carbocycles. The zero-order valence-corrected chi connectivity index (χ0v) is 19.3. The van der Waals surface area contributed by atoms with Crippen molar-refractivity contribution in [2.45, 2.75) is 25.1 Å². The first kappa shape index (κ1) is 22.8. The predicted molar refractivity (Wildman–Crippen MR) is 125 cm³/mol. The molecule has 0 aliphatic carbocycles. The van der Waals surface area contributed by atoms with E-state index in [1.165, 1.54) is 5.56 Å². The van der Waals surface area contributed by atoms with Crippen LogP contribution in [0.1, 0.15) is 24.0 Å². The van der Waals surface area contributed by atoms with Gasteiger partial charge < -0.3 is 5.32 Å². The number of likely N-dealkylation sites (tertiary alicyclic amines) is 1. The average Bonchev–Trinajstić information content (AvgIpc) is 2.72. The Balaban J connectivity index is 1.36. The van der Waals surface area contributed by atoms with E-state index in [0.717, 1.165) is 54.6 Å². The van der Waals surface area contributed by atoms with Gasteiger partial charge in [-0.1, -0.05) is 53.0 Å². The van der Waals surface area contributed by atoms with E-state index >= 15 is 0 Å². The fourth-order valence-corrected chi connectivity index (χ4v) is 4.72. The first-order chi connectivity index (χ1) is 14.0. The Bertz CT molecular complexity index is 816. The number of benzene rings is 2. The maximum absolute atomic E-state index is 12.6. The van der Waals surface area contributed by atoms with Gasteiger partial charge in [0, 0.05) is 36.2 Å². The Labute approximate surface area is 192 Å². The molecular formula is C22H25Cl3N2OS. The zero-order valence-electron chi connectivity index (χ0n) is 16.2. The van der Waals surface area contributed by atoms with Crippen molar-refractivity contribution in [3.05, 3.63) is 68.7 Å². The molecule has 1 N–H and O–H groups in total. The van der Waals surface area contributed by atoms with E-state index in [9.17, 15) is 4.79 Å². The quantitative estimate of drug-likeness (QED) is 0.486. The molecule has 7 heteroatoms. The molecule has 0 aromatic heterocycles. The van der Waals surface area contributed by atoms with Crippen LogP contribution >= 0.6 is 46.6 Å². The molecule has 1 amide bonds. The van der Waals surface area contributed by atoms with Crippen LogP contribution in [-0.2, 0) is 17.1 Å². The third-order valence-electron chi connectivity index (χ3n) is 4.99. The maximum Gasteiger partial charge on any atom is 0.224 e. The summed E-state index contributed by atoms with van der Waals surface area (Å²) in [6.45, 7) is 3.38. The van der Waals surface area contributed by atoms with E-state index < -0.39 is 0 Å². The summed E-state index contributed by atoms with van der Waals surface area (Å²) in [5, 5.41) is 5.01. The fourth-order valence-electron chi connectivity index (χ4n) is 3.47. The Morgan fingerprint density at radius 3 is 2.59 bits per heavy atom. The second-order valence-corrected chi connectivity index (χ2v) is 9.65. The van der Waals surface area contributed by atoms with Crippen LogP contribution in [-0.4, -0.2) is 36.2 Å². The van der Waals surface area contributed by atoms with Crippen LogP contribution in [0.25, 0.3) is 0 Å². The van der Waals surface area contributed by atoms with Crippen LogP contribution < -0.4 is 5.32 Å². The number of amides is 1. The third kappa shape index (κ3) is 7.37. The monoisotopic (exact) mass is 470 g/mol. The van der Waals surface area contributed by atoms with Gasteiger partial charge in [-0.25, -0.2) is 0 Å². The highest BCUT2D eigenvalue weighted by atomic mass is 35.5. The number of carbonyl (C=O) groups excluding carboxylic acids is 1. The molecule has 0 bridgehead atoms. The molecule has 1 heterocycles. The molecule has 156 valence electrons. The van der Waals surface area contributed by atoms with Crippen LogP contribution in [0.3, 0.4) is 0 Å². The summed E-state index contributed by atoms with van der Waals surface area (Å²) in [4.78, 5) is 14.9. The first-order valence-corrected chi connectivity index (χ1v) is 12.1. The van der Waals surface area contributed by atoms with Gasteiger partial charge in [0.15, 0.2) is 0 Å². The minimum Gasteiger partial charge on any atom is -0.355 e. The van der Waals surface area contributed by atoms with Crippen molar-refractivity contribution in [2.24, 2.45) is 5.92 Å². The molecule has 3 rings (SSSR count). The number of piperidine rings is 1. The van der Waals surface area contributed by atoms with Crippen molar-refractivity contribution < 1.29 is 4.79 Å². The number of nitrogens with zero attached hydrogens (tertiary/aromatic N) is 1. The van der Waals surface area contributed by atoms with Gasteiger partial charge in [0.05, 0.1) is 16.0 Å². The average molecular weight is 472 g/mol. The van der Waals surface area contributed by atoms with Gasteiger partial charge in [-0.05, 0) is 54.8 Å². The van der Waals surface area contributed by atoms with E-state index in [1.807, 2.05) is 30.3 Å². The molecule has 3 nitrogen and oxygen atoms in total. The lowest BCUT2D eigenvalue weighted by molar-refractivity contribution is -0.126. The van der Waals surface area contributed by atoms with Crippen LogP contribution in [0.4, 0.5) is 0 Å². The van der Waals surface area contributed by atoms with Gasteiger partial charge >= 0.3 is 0 Å². The van der Waals surface area contributed by atoms with E-state index in [0.29, 0.717) is 16.6 Å². The van der Waals surface area contributed by atoms with Gasteiger partial charge in [0.25, 0.3) is 0 Å². The lowest BCUT2D eigenvalue weighted by Crippen LogP contribution is -2.43. The summed E-state index contributed by atoms with van der Waals surface area (Å²) in [5.74, 6) is 1.95. The number of carbonyl (C=O) groups is 1. The Kier molecular flexibility index (Phi) is 9.01. The zero-order chi connectivity index (χ0) is 20.6. The van der Waals surface area contributed by atoms with E-state index in [4.69, 9.17) is 34.8 Å². The minimum atomic E-state index is 0.0659. The Morgan fingerprint density at radius 1 is 1.07 bits per heavy atom. The van der Waals surface area contributed by atoms with Crippen molar-refractivity contribution in [1.29, 1.82) is 0 Å². The Morgan fingerprint density at radius 2 is 1.83 bits per heavy atom. The SMILES string of the molecule is O=C(NCCSCc1ccc(Cl)c(Cl)c1)C1CCCN(Cc2ccc(Cl)cc2)C1. The second kappa shape index (κ2) is 11.5. The predicted octanol–water partition coefficient (Wildman–Crippen LogP) is 5.91. The van der Waals surface area contributed by atoms with Gasteiger partial charge in [-0.2, -0.15) is 11.8 Å². The van der Waals surface area contributed by atoms with Gasteiger partial charge in [0.2, 0.25) is 5.91 Å². The number of rotatable bonds is 8. The molecule has 0 spiro atoms. The lowest BCUT2D eigenvalue weighted by Gasteiger charge is -2.32. The summed E-state index contributed by atoms with van der Waals surface area (Å²) in [7, 11) is 0. The molecule has 0 radical (unpaired) electrons. The third-order valence-corrected chi connectivity index (χ3v) is 7.02. The van der Waals surface area contributed by atoms with Gasteiger partial charge in [0.1, 0.15) is 0 Å². The summed E-state index contributed by atoms with van der Waals surface area (Å²) >= 11 is 19.7. The molecule has 0 saturated carbocycles. The molecular weight excluding hydrogens is 447 g/mol. The standard InChI is InChI=1S/C22H25Cl3N2OS/c23-19-6-3-16(4-7-19)13-27-10-1-2-18(14-27)22(28)26-9-11-29-15-17-5-8-20(24)21(25)12-17/h3-8,12,18H,1-2,9-11,13-15H2,(H,26,28). The summed E-state index contributed by atoms with van der Waals surface area (Å²) in [6, 6.07) is 13.6. The highest BCUT2D eigenvalue weighted by molar-refractivity contribution is 7.98. The highest BCUT2D eigenvalue weighted by Gasteiger charge is 2.25. The van der Waals surface area contributed by atoms with Crippen LogP contribution in [0.5, 0.6) is 0 Å². The smallest absolute Gasteiger partial charge is 0.224 e. The minimum absolute atomic E-state index is 0.0659. The summed E-state index contributed by atoms with van der Waals surface area (Å²) in [5.41, 5.74) is 2.37. The number of hydrogen-bond acceptors (Lipinski definition) is 3. The summed E-state index contributed by atoms with van der Waals surface area (Å²) in [6.07, 6.45) is 2.01. The largest absolute Gasteiger partial charge is 0.355 e.